The monoisotopic (exact) mass is 271 g/mol. The number of hydrogen-bond acceptors (Lipinski definition) is 3. The summed E-state index contributed by atoms with van der Waals surface area (Å²) < 4.78 is 0. The van der Waals surface area contributed by atoms with Crippen molar-refractivity contribution in [2.45, 2.75) is 38.8 Å². The number of nitrogens with one attached hydrogen (secondary N) is 1. The molecule has 0 aliphatic carbocycles. The van der Waals surface area contributed by atoms with Gasteiger partial charge in [-0.3, -0.25) is 9.69 Å². The van der Waals surface area contributed by atoms with E-state index in [1.165, 1.54) is 4.90 Å². The molecule has 7 nitrogen and oxygen atoms in total. The van der Waals surface area contributed by atoms with Crippen LogP contribution in [0.4, 0.5) is 4.79 Å². The number of piperazine rings is 1. The van der Waals surface area contributed by atoms with Crippen molar-refractivity contribution in [1.82, 2.24) is 15.1 Å². The Hall–Kier alpha value is -1.79. The number of urea groups is 1. The summed E-state index contributed by atoms with van der Waals surface area (Å²) in [6.45, 7) is 3.67. The predicted octanol–water partition coefficient (Wildman–Crippen LogP) is 0.112. The molecule has 0 aromatic rings. The second-order valence-corrected chi connectivity index (χ2v) is 4.82. The molecule has 2 N–H and O–H groups in total. The van der Waals surface area contributed by atoms with Crippen molar-refractivity contribution < 1.29 is 19.5 Å². The molecule has 1 aliphatic rings. The van der Waals surface area contributed by atoms with E-state index in [9.17, 15) is 14.4 Å². The van der Waals surface area contributed by atoms with Crippen molar-refractivity contribution in [3.63, 3.8) is 0 Å². The van der Waals surface area contributed by atoms with E-state index in [1.54, 1.807) is 7.05 Å². The quantitative estimate of drug-likeness (QED) is 0.759. The van der Waals surface area contributed by atoms with Crippen LogP contribution in [0.5, 0.6) is 0 Å². The van der Waals surface area contributed by atoms with Gasteiger partial charge < -0.3 is 15.3 Å². The second-order valence-electron chi connectivity index (χ2n) is 4.82. The SMILES string of the molecule is CCCC(C)N(C)C(=O)N1CC(=O)NCC1C(=O)O. The Labute approximate surface area is 112 Å². The Morgan fingerprint density at radius 3 is 2.74 bits per heavy atom. The smallest absolute Gasteiger partial charge is 0.328 e. The highest BCUT2D eigenvalue weighted by Gasteiger charge is 2.37. The van der Waals surface area contributed by atoms with Gasteiger partial charge >= 0.3 is 12.0 Å². The van der Waals surface area contributed by atoms with Gasteiger partial charge in [0.25, 0.3) is 0 Å². The van der Waals surface area contributed by atoms with E-state index in [0.29, 0.717) is 0 Å². The molecule has 2 atom stereocenters. The highest BCUT2D eigenvalue weighted by atomic mass is 16.4. The molecule has 3 amide bonds. The molecule has 0 bridgehead atoms. The average Bonchev–Trinajstić information content (AvgIpc) is 2.36. The Morgan fingerprint density at radius 2 is 2.21 bits per heavy atom. The lowest BCUT2D eigenvalue weighted by atomic mass is 10.1. The third kappa shape index (κ3) is 3.59. The van der Waals surface area contributed by atoms with E-state index in [0.717, 1.165) is 17.7 Å². The van der Waals surface area contributed by atoms with E-state index < -0.39 is 18.0 Å². The largest absolute Gasteiger partial charge is 0.480 e. The van der Waals surface area contributed by atoms with Gasteiger partial charge in [-0.1, -0.05) is 13.3 Å². The van der Waals surface area contributed by atoms with Crippen LogP contribution in [0.25, 0.3) is 0 Å². The fraction of sp³-hybridized carbons (Fsp3) is 0.750. The maximum Gasteiger partial charge on any atom is 0.328 e. The first-order valence-electron chi connectivity index (χ1n) is 6.41. The van der Waals surface area contributed by atoms with Gasteiger partial charge in [-0.05, 0) is 13.3 Å². The molecule has 108 valence electrons. The minimum atomic E-state index is -1.11. The summed E-state index contributed by atoms with van der Waals surface area (Å²) in [6.07, 6.45) is 1.77. The minimum absolute atomic E-state index is 0.0110. The minimum Gasteiger partial charge on any atom is -0.480 e. The van der Waals surface area contributed by atoms with Crippen LogP contribution in [0.2, 0.25) is 0 Å². The van der Waals surface area contributed by atoms with Crippen LogP contribution in [0.3, 0.4) is 0 Å². The Morgan fingerprint density at radius 1 is 1.58 bits per heavy atom. The van der Waals surface area contributed by atoms with Crippen LogP contribution in [0.15, 0.2) is 0 Å². The summed E-state index contributed by atoms with van der Waals surface area (Å²) >= 11 is 0. The van der Waals surface area contributed by atoms with Gasteiger partial charge in [-0.2, -0.15) is 0 Å². The predicted molar refractivity (Wildman–Crippen MR) is 68.7 cm³/mol. The molecule has 7 heteroatoms. The molecule has 0 spiro atoms. The Bertz CT molecular complexity index is 372. The molecule has 0 aromatic heterocycles. The van der Waals surface area contributed by atoms with Gasteiger partial charge in [-0.25, -0.2) is 9.59 Å². The molecule has 2 unspecified atom stereocenters. The fourth-order valence-electron chi connectivity index (χ4n) is 2.07. The van der Waals surface area contributed by atoms with E-state index in [2.05, 4.69) is 5.32 Å². The summed E-state index contributed by atoms with van der Waals surface area (Å²) in [4.78, 5) is 37.4. The zero-order chi connectivity index (χ0) is 14.6. The number of carbonyl (C=O) groups is 3. The molecule has 0 saturated carbocycles. The number of amides is 3. The number of rotatable bonds is 4. The van der Waals surface area contributed by atoms with Gasteiger partial charge in [0.05, 0.1) is 0 Å². The number of carbonyl (C=O) groups excluding carboxylic acids is 2. The molecule has 1 rings (SSSR count). The molecular weight excluding hydrogens is 250 g/mol. The third-order valence-electron chi connectivity index (χ3n) is 3.38. The highest BCUT2D eigenvalue weighted by Crippen LogP contribution is 2.12. The molecule has 0 aromatic carbocycles. The van der Waals surface area contributed by atoms with Crippen molar-refractivity contribution >= 4 is 17.9 Å². The van der Waals surface area contributed by atoms with Crippen LogP contribution < -0.4 is 5.32 Å². The summed E-state index contributed by atoms with van der Waals surface area (Å²) in [5.41, 5.74) is 0. The fourth-order valence-corrected chi connectivity index (χ4v) is 2.07. The van der Waals surface area contributed by atoms with Crippen LogP contribution in [-0.4, -0.2) is 65.0 Å². The van der Waals surface area contributed by atoms with Gasteiger partial charge in [0.1, 0.15) is 12.6 Å². The lowest BCUT2D eigenvalue weighted by Gasteiger charge is -2.37. The average molecular weight is 271 g/mol. The van der Waals surface area contributed by atoms with Crippen molar-refractivity contribution in [3.05, 3.63) is 0 Å². The number of aliphatic carboxylic acids is 1. The van der Waals surface area contributed by atoms with Gasteiger partial charge in [0.2, 0.25) is 5.91 Å². The van der Waals surface area contributed by atoms with Crippen molar-refractivity contribution in [3.8, 4) is 0 Å². The lowest BCUT2D eigenvalue weighted by Crippen LogP contribution is -2.62. The maximum atomic E-state index is 12.3. The van der Waals surface area contributed by atoms with Crippen LogP contribution >= 0.6 is 0 Å². The van der Waals surface area contributed by atoms with Crippen LogP contribution in [0.1, 0.15) is 26.7 Å². The standard InChI is InChI=1S/C12H21N3O4/c1-4-5-8(2)14(3)12(19)15-7-10(16)13-6-9(15)11(17)18/h8-9H,4-7H2,1-3H3,(H,13,16)(H,17,18). The first-order valence-corrected chi connectivity index (χ1v) is 6.41. The normalized spacial score (nSPS) is 20.7. The topological polar surface area (TPSA) is 90.0 Å². The molecule has 0 radical (unpaired) electrons. The number of nitrogens with zero attached hydrogens (tertiary/aromatic N) is 2. The zero-order valence-electron chi connectivity index (χ0n) is 11.5. The van der Waals surface area contributed by atoms with Gasteiger partial charge in [-0.15, -0.1) is 0 Å². The summed E-state index contributed by atoms with van der Waals surface area (Å²) in [5, 5.41) is 11.6. The number of carboxylic acids is 1. The molecule has 1 heterocycles. The highest BCUT2D eigenvalue weighted by molar-refractivity contribution is 5.90. The first-order chi connectivity index (χ1) is 8.88. The van der Waals surface area contributed by atoms with Crippen molar-refractivity contribution in [2.75, 3.05) is 20.1 Å². The summed E-state index contributed by atoms with van der Waals surface area (Å²) in [6, 6.07) is -1.40. The van der Waals surface area contributed by atoms with E-state index in [1.807, 2.05) is 13.8 Å². The molecular formula is C12H21N3O4. The van der Waals surface area contributed by atoms with Crippen LogP contribution in [-0.2, 0) is 9.59 Å². The maximum absolute atomic E-state index is 12.3. The first kappa shape index (κ1) is 15.3. The van der Waals surface area contributed by atoms with E-state index in [-0.39, 0.29) is 25.0 Å². The zero-order valence-corrected chi connectivity index (χ0v) is 11.5. The molecule has 1 fully saturated rings. The third-order valence-corrected chi connectivity index (χ3v) is 3.38. The van der Waals surface area contributed by atoms with E-state index in [4.69, 9.17) is 5.11 Å². The molecule has 1 saturated heterocycles. The van der Waals surface area contributed by atoms with Crippen LogP contribution in [0, 0.1) is 0 Å². The summed E-state index contributed by atoms with van der Waals surface area (Å²) in [7, 11) is 1.63. The number of hydrogen-bond donors (Lipinski definition) is 2. The molecule has 19 heavy (non-hydrogen) atoms. The lowest BCUT2D eigenvalue weighted by molar-refractivity contribution is -0.144. The van der Waals surface area contributed by atoms with Crippen molar-refractivity contribution in [1.29, 1.82) is 0 Å². The second kappa shape index (κ2) is 6.40. The van der Waals surface area contributed by atoms with E-state index >= 15 is 0 Å². The van der Waals surface area contributed by atoms with Crippen molar-refractivity contribution in [2.24, 2.45) is 0 Å². The molecule has 1 aliphatic heterocycles. The van der Waals surface area contributed by atoms with Gasteiger partial charge in [0, 0.05) is 19.6 Å². The van der Waals surface area contributed by atoms with Gasteiger partial charge in [0.15, 0.2) is 0 Å². The summed E-state index contributed by atoms with van der Waals surface area (Å²) in [5.74, 6) is -1.44. The Balaban J connectivity index is 2.81. The number of carboxylic acid groups (broad SMARTS) is 1. The Kier molecular flexibility index (Phi) is 5.14.